The Kier molecular flexibility index (Phi) is 7.06. The van der Waals surface area contributed by atoms with E-state index in [0.29, 0.717) is 11.6 Å². The maximum Gasteiger partial charge on any atom is 0.0831 e. The first-order valence-corrected chi connectivity index (χ1v) is 11.9. The Morgan fingerprint density at radius 3 is 2.31 bits per heavy atom. The Bertz CT molecular complexity index is 1100. The lowest BCUT2D eigenvalue weighted by atomic mass is 9.98. The minimum absolute atomic E-state index is 0.0546. The molecule has 0 saturated carbocycles. The van der Waals surface area contributed by atoms with Gasteiger partial charge in [-0.25, -0.2) is 0 Å². The van der Waals surface area contributed by atoms with Crippen LogP contribution in [0.2, 0.25) is 5.02 Å². The minimum Gasteiger partial charge on any atom is -0.772 e. The molecule has 0 radical (unpaired) electrons. The summed E-state index contributed by atoms with van der Waals surface area (Å²) < 4.78 is 23.5. The number of anilines is 1. The van der Waals surface area contributed by atoms with Crippen molar-refractivity contribution in [3.05, 3.63) is 101 Å². The van der Waals surface area contributed by atoms with E-state index in [-0.39, 0.29) is 6.04 Å². The smallest absolute Gasteiger partial charge is 0.0831 e. The van der Waals surface area contributed by atoms with Gasteiger partial charge in [0.05, 0.1) is 22.7 Å². The summed E-state index contributed by atoms with van der Waals surface area (Å²) in [6.45, 7) is 0.435. The van der Waals surface area contributed by atoms with E-state index in [9.17, 15) is 8.76 Å². The molecule has 3 aromatic rings. The van der Waals surface area contributed by atoms with Crippen LogP contribution in [-0.4, -0.2) is 40.0 Å². The van der Waals surface area contributed by atoms with E-state index in [4.69, 9.17) is 16.7 Å². The molecule has 0 N–H and O–H groups in total. The van der Waals surface area contributed by atoms with Crippen LogP contribution >= 0.6 is 11.6 Å². The second-order valence-electron chi connectivity index (χ2n) is 8.13. The van der Waals surface area contributed by atoms with Crippen LogP contribution in [0.3, 0.4) is 0 Å². The van der Waals surface area contributed by atoms with Crippen LogP contribution in [0.4, 0.5) is 5.69 Å². The number of halogens is 1. The number of nitrogens with zero attached hydrogens (tertiary/aromatic N) is 3. The van der Waals surface area contributed by atoms with Gasteiger partial charge in [0, 0.05) is 18.0 Å². The van der Waals surface area contributed by atoms with E-state index in [0.717, 1.165) is 28.9 Å². The number of hydrogen-bond donors (Lipinski definition) is 0. The third-order valence-electron chi connectivity index (χ3n) is 5.56. The predicted octanol–water partition coefficient (Wildman–Crippen LogP) is 5.18. The molecule has 166 valence electrons. The fourth-order valence-electron chi connectivity index (χ4n) is 3.95. The molecule has 0 aromatic heterocycles. The van der Waals surface area contributed by atoms with Gasteiger partial charge in [-0.1, -0.05) is 66.2 Å². The molecule has 1 aliphatic rings. The fourth-order valence-corrected chi connectivity index (χ4v) is 4.88. The van der Waals surface area contributed by atoms with Gasteiger partial charge >= 0.3 is 0 Å². The summed E-state index contributed by atoms with van der Waals surface area (Å²) in [6.07, 6.45) is 0.765. The molecule has 0 bridgehead atoms. The Balaban J connectivity index is 1.67. The zero-order valence-corrected chi connectivity index (χ0v) is 19.6. The maximum atomic E-state index is 11.8. The first-order chi connectivity index (χ1) is 15.4. The molecule has 0 aliphatic carbocycles. The van der Waals surface area contributed by atoms with Gasteiger partial charge in [-0.2, -0.15) is 5.10 Å². The molecule has 1 aliphatic heterocycles. The molecule has 3 atom stereocenters. The number of rotatable bonds is 7. The van der Waals surface area contributed by atoms with Crippen molar-refractivity contribution in [1.82, 2.24) is 4.90 Å². The number of hydrogen-bond acceptors (Lipinski definition) is 5. The summed E-state index contributed by atoms with van der Waals surface area (Å²) in [5, 5.41) is 7.10. The number of likely N-dealkylation sites (N-methyl/N-ethyl adjacent to an activating group) is 1. The van der Waals surface area contributed by atoms with Crippen LogP contribution in [0.25, 0.3) is 0 Å². The third-order valence-corrected chi connectivity index (χ3v) is 6.70. The molecule has 0 amide bonds. The highest BCUT2D eigenvalue weighted by Crippen LogP contribution is 2.37. The van der Waals surface area contributed by atoms with Crippen molar-refractivity contribution in [3.8, 4) is 0 Å². The molecule has 4 rings (SSSR count). The van der Waals surface area contributed by atoms with E-state index in [2.05, 4.69) is 12.1 Å². The van der Waals surface area contributed by atoms with Gasteiger partial charge in [-0.05, 0) is 66.1 Å². The Morgan fingerprint density at radius 1 is 1.06 bits per heavy atom. The van der Waals surface area contributed by atoms with E-state index in [1.54, 1.807) is 0 Å². The third kappa shape index (κ3) is 5.10. The molecule has 5 nitrogen and oxygen atoms in total. The first-order valence-electron chi connectivity index (χ1n) is 10.4. The molecule has 1 heterocycles. The normalized spacial score (nSPS) is 18.0. The number of benzene rings is 3. The minimum atomic E-state index is -2.20. The lowest BCUT2D eigenvalue weighted by Gasteiger charge is -2.26. The molecule has 3 unspecified atom stereocenters. The second-order valence-corrected chi connectivity index (χ2v) is 9.66. The van der Waals surface area contributed by atoms with Crippen molar-refractivity contribution < 1.29 is 8.76 Å². The second kappa shape index (κ2) is 9.96. The highest BCUT2D eigenvalue weighted by molar-refractivity contribution is 7.79. The lowest BCUT2D eigenvalue weighted by molar-refractivity contribution is 0.396. The van der Waals surface area contributed by atoms with Gasteiger partial charge in [0.1, 0.15) is 0 Å². The van der Waals surface area contributed by atoms with Crippen LogP contribution in [0.1, 0.15) is 34.4 Å². The van der Waals surface area contributed by atoms with Gasteiger partial charge in [0.15, 0.2) is 0 Å². The van der Waals surface area contributed by atoms with Crippen LogP contribution in [0.15, 0.2) is 84.0 Å². The summed E-state index contributed by atoms with van der Waals surface area (Å²) in [7, 11) is 3.74. The maximum absolute atomic E-state index is 11.8. The van der Waals surface area contributed by atoms with Crippen molar-refractivity contribution >= 4 is 34.1 Å². The van der Waals surface area contributed by atoms with Crippen molar-refractivity contribution in [2.75, 3.05) is 25.6 Å². The molecule has 0 spiro atoms. The standard InChI is InChI=1S/C25H26ClN3O2S/c1-28(2)17-25(32(30)31)20-10-14-22(15-11-20)29-24(19-6-4-3-5-7-19)16-23(27-29)18-8-12-21(26)13-9-18/h3-15,24-25H,16-17H2,1-2H3,(H,30,31)/p-1. The molecule has 32 heavy (non-hydrogen) atoms. The average Bonchev–Trinajstić information content (AvgIpc) is 3.24. The van der Waals surface area contributed by atoms with Gasteiger partial charge in [0.25, 0.3) is 0 Å². The summed E-state index contributed by atoms with van der Waals surface area (Å²) in [4.78, 5) is 1.88. The zero-order chi connectivity index (χ0) is 22.7. The quantitative estimate of drug-likeness (QED) is 0.450. The van der Waals surface area contributed by atoms with E-state index >= 15 is 0 Å². The molecule has 7 heteroatoms. The average molecular weight is 467 g/mol. The lowest BCUT2D eigenvalue weighted by Crippen LogP contribution is -2.23. The zero-order valence-electron chi connectivity index (χ0n) is 18.0. The Morgan fingerprint density at radius 2 is 1.72 bits per heavy atom. The Hall–Kier alpha value is -2.51. The van der Waals surface area contributed by atoms with E-state index < -0.39 is 16.3 Å². The molecular formula is C25H25ClN3O2S-. The Labute approximate surface area is 196 Å². The van der Waals surface area contributed by atoms with Gasteiger partial charge in [-0.15, -0.1) is 0 Å². The molecule has 0 saturated heterocycles. The fraction of sp³-hybridized carbons (Fsp3) is 0.240. The van der Waals surface area contributed by atoms with Crippen molar-refractivity contribution in [2.24, 2.45) is 5.10 Å². The van der Waals surface area contributed by atoms with Gasteiger partial charge < -0.3 is 9.45 Å². The first kappa shape index (κ1) is 22.7. The molecule has 3 aromatic carbocycles. The van der Waals surface area contributed by atoms with E-state index in [1.165, 1.54) is 5.56 Å². The van der Waals surface area contributed by atoms with Gasteiger partial charge in [-0.3, -0.25) is 9.22 Å². The van der Waals surface area contributed by atoms with Crippen molar-refractivity contribution in [3.63, 3.8) is 0 Å². The monoisotopic (exact) mass is 466 g/mol. The van der Waals surface area contributed by atoms with Crippen molar-refractivity contribution in [2.45, 2.75) is 17.7 Å². The van der Waals surface area contributed by atoms with Crippen LogP contribution in [-0.2, 0) is 11.1 Å². The van der Waals surface area contributed by atoms with E-state index in [1.807, 2.05) is 90.7 Å². The molecule has 0 fully saturated rings. The van der Waals surface area contributed by atoms with Crippen LogP contribution in [0, 0.1) is 0 Å². The summed E-state index contributed by atoms with van der Waals surface area (Å²) in [5.74, 6) is 0. The molecular weight excluding hydrogens is 442 g/mol. The highest BCUT2D eigenvalue weighted by Gasteiger charge is 2.30. The predicted molar refractivity (Wildman–Crippen MR) is 131 cm³/mol. The highest BCUT2D eigenvalue weighted by atomic mass is 35.5. The summed E-state index contributed by atoms with van der Waals surface area (Å²) in [5.41, 5.74) is 4.91. The SMILES string of the molecule is CN(C)CC(c1ccc(N2N=C(c3ccc(Cl)cc3)CC2c2ccccc2)cc1)S(=O)[O-]. The largest absolute Gasteiger partial charge is 0.772 e. The van der Waals surface area contributed by atoms with Crippen LogP contribution < -0.4 is 5.01 Å². The van der Waals surface area contributed by atoms with Gasteiger partial charge in [0.2, 0.25) is 0 Å². The summed E-state index contributed by atoms with van der Waals surface area (Å²) >= 11 is 3.87. The number of hydrazone groups is 1. The summed E-state index contributed by atoms with van der Waals surface area (Å²) in [6, 6.07) is 25.8. The topological polar surface area (TPSA) is 59.0 Å². The van der Waals surface area contributed by atoms with Crippen molar-refractivity contribution in [1.29, 1.82) is 0 Å². The van der Waals surface area contributed by atoms with Crippen LogP contribution in [0.5, 0.6) is 0 Å².